The van der Waals surface area contributed by atoms with E-state index in [0.29, 0.717) is 5.82 Å². The molecule has 0 spiro atoms. The van der Waals surface area contributed by atoms with Gasteiger partial charge in [0, 0.05) is 32.2 Å². The van der Waals surface area contributed by atoms with Crippen LogP contribution in [0.3, 0.4) is 0 Å². The third-order valence-electron chi connectivity index (χ3n) is 3.50. The number of ether oxygens (including phenoxy) is 1. The van der Waals surface area contributed by atoms with Crippen LogP contribution in [0, 0.1) is 12.8 Å². The molecule has 0 unspecified atom stereocenters. The van der Waals surface area contributed by atoms with E-state index >= 15 is 0 Å². The summed E-state index contributed by atoms with van der Waals surface area (Å²) >= 11 is 0. The van der Waals surface area contributed by atoms with Crippen molar-refractivity contribution in [3.8, 4) is 0 Å². The number of nitrogen functional groups attached to an aromatic ring is 1. The highest BCUT2D eigenvalue weighted by molar-refractivity contribution is 5.56. The van der Waals surface area contributed by atoms with E-state index in [1.807, 2.05) is 20.9 Å². The van der Waals surface area contributed by atoms with Gasteiger partial charge >= 0.3 is 0 Å². The highest BCUT2D eigenvalue weighted by Gasteiger charge is 2.21. The highest BCUT2D eigenvalue weighted by atomic mass is 16.5. The maximum absolute atomic E-state index is 5.93. The van der Waals surface area contributed by atoms with Crippen LogP contribution in [0.5, 0.6) is 0 Å². The maximum Gasteiger partial charge on any atom is 0.137 e. The first-order chi connectivity index (χ1) is 9.11. The summed E-state index contributed by atoms with van der Waals surface area (Å²) in [6.07, 6.45) is 3.46. The van der Waals surface area contributed by atoms with Gasteiger partial charge in [-0.15, -0.1) is 0 Å². The second kappa shape index (κ2) is 6.19. The lowest BCUT2D eigenvalue weighted by Gasteiger charge is -2.21. The van der Waals surface area contributed by atoms with Gasteiger partial charge in [-0.3, -0.25) is 0 Å². The Morgan fingerprint density at radius 2 is 2.11 bits per heavy atom. The zero-order chi connectivity index (χ0) is 13.8. The smallest absolute Gasteiger partial charge is 0.137 e. The monoisotopic (exact) mass is 264 g/mol. The molecule has 1 saturated carbocycles. The lowest BCUT2D eigenvalue weighted by Crippen LogP contribution is -2.25. The molecule has 0 aromatic carbocycles. The number of nitrogens with two attached hydrogens (primary N) is 1. The van der Waals surface area contributed by atoms with Gasteiger partial charge in [-0.2, -0.15) is 0 Å². The van der Waals surface area contributed by atoms with Crippen molar-refractivity contribution in [2.75, 3.05) is 37.4 Å². The van der Waals surface area contributed by atoms with Crippen LogP contribution in [-0.4, -0.2) is 36.8 Å². The van der Waals surface area contributed by atoms with E-state index < -0.39 is 0 Å². The second-order valence-electron chi connectivity index (χ2n) is 5.27. The fourth-order valence-corrected chi connectivity index (χ4v) is 1.94. The Morgan fingerprint density at radius 3 is 2.74 bits per heavy atom. The molecule has 0 radical (unpaired) electrons. The van der Waals surface area contributed by atoms with E-state index in [1.54, 1.807) is 0 Å². The summed E-state index contributed by atoms with van der Waals surface area (Å²) in [7, 11) is 2.02. The molecule has 1 aromatic rings. The predicted octanol–water partition coefficient (Wildman–Crippen LogP) is 1.79. The zero-order valence-electron chi connectivity index (χ0n) is 12.1. The molecule has 0 bridgehead atoms. The van der Waals surface area contributed by atoms with E-state index in [2.05, 4.69) is 14.9 Å². The number of aromatic nitrogens is 2. The highest BCUT2D eigenvalue weighted by Crippen LogP contribution is 2.28. The Morgan fingerprint density at radius 1 is 1.37 bits per heavy atom. The molecule has 0 aliphatic heterocycles. The predicted molar refractivity (Wildman–Crippen MR) is 77.4 cm³/mol. The molecule has 1 fully saturated rings. The molecular weight excluding hydrogens is 240 g/mol. The molecule has 5 heteroatoms. The number of anilines is 2. The SMILES string of the molecule is CCc1nc(N)c(C)c(N(C)CCOCC2CC2)n1. The summed E-state index contributed by atoms with van der Waals surface area (Å²) in [6.45, 7) is 6.46. The number of hydrogen-bond donors (Lipinski definition) is 1. The minimum atomic E-state index is 0.576. The average molecular weight is 264 g/mol. The largest absolute Gasteiger partial charge is 0.383 e. The van der Waals surface area contributed by atoms with Crippen molar-refractivity contribution in [1.82, 2.24) is 9.97 Å². The topological polar surface area (TPSA) is 64.3 Å². The van der Waals surface area contributed by atoms with E-state index in [-0.39, 0.29) is 0 Å². The average Bonchev–Trinajstić information content (AvgIpc) is 3.21. The summed E-state index contributed by atoms with van der Waals surface area (Å²) in [5.41, 5.74) is 6.87. The molecule has 0 atom stereocenters. The van der Waals surface area contributed by atoms with E-state index in [4.69, 9.17) is 10.5 Å². The Kier molecular flexibility index (Phi) is 4.58. The first-order valence-electron chi connectivity index (χ1n) is 7.03. The van der Waals surface area contributed by atoms with E-state index in [9.17, 15) is 0 Å². The minimum Gasteiger partial charge on any atom is -0.383 e. The van der Waals surface area contributed by atoms with Gasteiger partial charge in [0.2, 0.25) is 0 Å². The molecular formula is C14H24N4O. The van der Waals surface area contributed by atoms with Gasteiger partial charge in [0.15, 0.2) is 0 Å². The summed E-state index contributed by atoms with van der Waals surface area (Å²) in [5, 5.41) is 0. The van der Waals surface area contributed by atoms with Crippen LogP contribution in [-0.2, 0) is 11.2 Å². The van der Waals surface area contributed by atoms with Crippen LogP contribution in [0.25, 0.3) is 0 Å². The number of aryl methyl sites for hydroxylation is 1. The van der Waals surface area contributed by atoms with Crippen molar-refractivity contribution in [3.63, 3.8) is 0 Å². The Balaban J connectivity index is 1.92. The van der Waals surface area contributed by atoms with Gasteiger partial charge in [-0.1, -0.05) is 6.92 Å². The Bertz CT molecular complexity index is 432. The fourth-order valence-electron chi connectivity index (χ4n) is 1.94. The molecule has 1 heterocycles. The fraction of sp³-hybridized carbons (Fsp3) is 0.714. The summed E-state index contributed by atoms with van der Waals surface area (Å²) in [6, 6.07) is 0. The molecule has 0 amide bonds. The molecule has 1 aliphatic carbocycles. The van der Waals surface area contributed by atoms with Crippen LogP contribution >= 0.6 is 0 Å². The zero-order valence-corrected chi connectivity index (χ0v) is 12.1. The minimum absolute atomic E-state index is 0.576. The number of rotatable bonds is 7. The van der Waals surface area contributed by atoms with Gasteiger partial charge in [-0.05, 0) is 25.7 Å². The van der Waals surface area contributed by atoms with Gasteiger partial charge in [0.1, 0.15) is 17.5 Å². The number of nitrogens with zero attached hydrogens (tertiary/aromatic N) is 3. The van der Waals surface area contributed by atoms with E-state index in [1.165, 1.54) is 12.8 Å². The van der Waals surface area contributed by atoms with Crippen LogP contribution in [0.2, 0.25) is 0 Å². The number of hydrogen-bond acceptors (Lipinski definition) is 5. The maximum atomic E-state index is 5.93. The molecule has 2 rings (SSSR count). The first-order valence-corrected chi connectivity index (χ1v) is 7.03. The molecule has 19 heavy (non-hydrogen) atoms. The lowest BCUT2D eigenvalue weighted by molar-refractivity contribution is 0.130. The normalized spacial score (nSPS) is 14.7. The van der Waals surface area contributed by atoms with Crippen molar-refractivity contribution in [1.29, 1.82) is 0 Å². The summed E-state index contributed by atoms with van der Waals surface area (Å²) < 4.78 is 5.66. The van der Waals surface area contributed by atoms with Crippen LogP contribution < -0.4 is 10.6 Å². The van der Waals surface area contributed by atoms with Gasteiger partial charge < -0.3 is 15.4 Å². The van der Waals surface area contributed by atoms with E-state index in [0.717, 1.165) is 49.3 Å². The lowest BCUT2D eigenvalue weighted by atomic mass is 10.3. The van der Waals surface area contributed by atoms with Crippen molar-refractivity contribution in [3.05, 3.63) is 11.4 Å². The third-order valence-corrected chi connectivity index (χ3v) is 3.50. The molecule has 1 aromatic heterocycles. The van der Waals surface area contributed by atoms with Crippen molar-refractivity contribution < 1.29 is 4.74 Å². The molecule has 2 N–H and O–H groups in total. The first kappa shape index (κ1) is 14.1. The van der Waals surface area contributed by atoms with Gasteiger partial charge in [-0.25, -0.2) is 9.97 Å². The Labute approximate surface area is 115 Å². The van der Waals surface area contributed by atoms with Crippen LogP contribution in [0.15, 0.2) is 0 Å². The molecule has 0 saturated heterocycles. The number of likely N-dealkylation sites (N-methyl/N-ethyl adjacent to an activating group) is 1. The molecule has 106 valence electrons. The molecule has 5 nitrogen and oxygen atoms in total. The Hall–Kier alpha value is -1.36. The quantitative estimate of drug-likeness (QED) is 0.761. The van der Waals surface area contributed by atoms with Crippen molar-refractivity contribution in [2.24, 2.45) is 5.92 Å². The van der Waals surface area contributed by atoms with Crippen molar-refractivity contribution in [2.45, 2.75) is 33.1 Å². The van der Waals surface area contributed by atoms with Crippen molar-refractivity contribution >= 4 is 11.6 Å². The summed E-state index contributed by atoms with van der Waals surface area (Å²) in [4.78, 5) is 10.9. The second-order valence-corrected chi connectivity index (χ2v) is 5.27. The van der Waals surface area contributed by atoms with Crippen LogP contribution in [0.4, 0.5) is 11.6 Å². The molecule has 1 aliphatic rings. The van der Waals surface area contributed by atoms with Crippen LogP contribution in [0.1, 0.15) is 31.2 Å². The van der Waals surface area contributed by atoms with Gasteiger partial charge in [0.25, 0.3) is 0 Å². The standard InChI is InChI=1S/C14H24N4O/c1-4-12-16-13(15)10(2)14(17-12)18(3)7-8-19-9-11-5-6-11/h11H,4-9H2,1-3H3,(H2,15,16,17). The third kappa shape index (κ3) is 3.80. The summed E-state index contributed by atoms with van der Waals surface area (Å²) in [5.74, 6) is 3.10. The van der Waals surface area contributed by atoms with Gasteiger partial charge in [0.05, 0.1) is 6.61 Å².